The summed E-state index contributed by atoms with van der Waals surface area (Å²) in [4.78, 5) is 12.5. The van der Waals surface area contributed by atoms with Gasteiger partial charge in [0.1, 0.15) is 18.1 Å². The van der Waals surface area contributed by atoms with Crippen molar-refractivity contribution in [2.45, 2.75) is 5.92 Å². The topological polar surface area (TPSA) is 44.1 Å². The van der Waals surface area contributed by atoms with E-state index in [0.29, 0.717) is 12.3 Å². The molecule has 0 saturated carbocycles. The first-order chi connectivity index (χ1) is 8.68. The summed E-state index contributed by atoms with van der Waals surface area (Å²) in [6.45, 7) is 0.399. The van der Waals surface area contributed by atoms with Gasteiger partial charge in [-0.3, -0.25) is 9.48 Å². The molecule has 2 aromatic rings. The lowest BCUT2D eigenvalue weighted by atomic mass is 9.95. The molecule has 0 amide bonds. The van der Waals surface area contributed by atoms with Crippen LogP contribution in [-0.4, -0.2) is 22.2 Å². The van der Waals surface area contributed by atoms with Crippen molar-refractivity contribution in [3.63, 3.8) is 0 Å². The minimum atomic E-state index is -0.243. The maximum absolute atomic E-state index is 12.5. The van der Waals surface area contributed by atoms with Gasteiger partial charge in [0, 0.05) is 12.6 Å². The van der Waals surface area contributed by atoms with E-state index in [4.69, 9.17) is 4.74 Å². The molecule has 0 N–H and O–H groups in total. The molecule has 18 heavy (non-hydrogen) atoms. The van der Waals surface area contributed by atoms with E-state index in [-0.39, 0.29) is 11.7 Å². The maximum atomic E-state index is 12.5. The van der Waals surface area contributed by atoms with E-state index in [2.05, 4.69) is 21.0 Å². The first-order valence-corrected chi connectivity index (χ1v) is 6.41. The summed E-state index contributed by atoms with van der Waals surface area (Å²) in [7, 11) is 1.76. The summed E-state index contributed by atoms with van der Waals surface area (Å²) in [6, 6.07) is 7.66. The Labute approximate surface area is 113 Å². The van der Waals surface area contributed by atoms with E-state index in [9.17, 15) is 4.79 Å². The SMILES string of the molecule is Cn1ncc(Br)c1C(=O)C1COc2ccccc21. The highest BCUT2D eigenvalue weighted by atomic mass is 79.9. The van der Waals surface area contributed by atoms with Gasteiger partial charge in [0.25, 0.3) is 0 Å². The van der Waals surface area contributed by atoms with Crippen LogP contribution in [0.15, 0.2) is 34.9 Å². The summed E-state index contributed by atoms with van der Waals surface area (Å²) >= 11 is 3.36. The molecule has 1 atom stereocenters. The van der Waals surface area contributed by atoms with E-state index in [0.717, 1.165) is 15.8 Å². The highest BCUT2D eigenvalue weighted by Gasteiger charge is 2.33. The van der Waals surface area contributed by atoms with Crippen LogP contribution in [0.5, 0.6) is 5.75 Å². The van der Waals surface area contributed by atoms with Crippen LogP contribution in [0.1, 0.15) is 22.0 Å². The zero-order valence-electron chi connectivity index (χ0n) is 9.76. The Morgan fingerprint density at radius 3 is 3.00 bits per heavy atom. The molecular weight excluding hydrogens is 296 g/mol. The number of aryl methyl sites for hydroxylation is 1. The maximum Gasteiger partial charge on any atom is 0.193 e. The van der Waals surface area contributed by atoms with Gasteiger partial charge in [-0.05, 0) is 22.0 Å². The lowest BCUT2D eigenvalue weighted by Gasteiger charge is -2.08. The van der Waals surface area contributed by atoms with Gasteiger partial charge < -0.3 is 4.74 Å². The number of para-hydroxylation sites is 1. The predicted octanol–water partition coefficient (Wildman–Crippen LogP) is 2.54. The standard InChI is InChI=1S/C13H11BrN2O2/c1-16-12(10(14)6-15-16)13(17)9-7-18-11-5-3-2-4-8(9)11/h2-6,9H,7H2,1H3. The van der Waals surface area contributed by atoms with Crippen molar-refractivity contribution in [2.75, 3.05) is 6.61 Å². The van der Waals surface area contributed by atoms with E-state index in [1.165, 1.54) is 0 Å². The highest BCUT2D eigenvalue weighted by molar-refractivity contribution is 9.10. The van der Waals surface area contributed by atoms with Crippen LogP contribution in [-0.2, 0) is 7.05 Å². The highest BCUT2D eigenvalue weighted by Crippen LogP contribution is 2.36. The van der Waals surface area contributed by atoms with Crippen LogP contribution >= 0.6 is 15.9 Å². The number of nitrogens with zero attached hydrogens (tertiary/aromatic N) is 2. The second-order valence-corrected chi connectivity index (χ2v) is 5.08. The lowest BCUT2D eigenvalue weighted by molar-refractivity contribution is 0.0937. The number of hydrogen-bond acceptors (Lipinski definition) is 3. The van der Waals surface area contributed by atoms with Gasteiger partial charge in [-0.15, -0.1) is 0 Å². The Hall–Kier alpha value is -1.62. The number of halogens is 1. The van der Waals surface area contributed by atoms with Crippen LogP contribution in [0.3, 0.4) is 0 Å². The van der Waals surface area contributed by atoms with Crippen LogP contribution in [0.4, 0.5) is 0 Å². The van der Waals surface area contributed by atoms with Crippen LogP contribution in [0.2, 0.25) is 0 Å². The summed E-state index contributed by atoms with van der Waals surface area (Å²) in [5, 5.41) is 4.07. The Morgan fingerprint density at radius 2 is 2.28 bits per heavy atom. The number of benzene rings is 1. The lowest BCUT2D eigenvalue weighted by Crippen LogP contribution is -2.18. The van der Waals surface area contributed by atoms with Crippen molar-refractivity contribution in [3.05, 3.63) is 46.2 Å². The molecule has 92 valence electrons. The van der Waals surface area contributed by atoms with Crippen molar-refractivity contribution >= 4 is 21.7 Å². The molecule has 3 rings (SSSR count). The Kier molecular flexibility index (Phi) is 2.70. The van der Waals surface area contributed by atoms with Crippen LogP contribution < -0.4 is 4.74 Å². The molecule has 5 heteroatoms. The molecule has 0 bridgehead atoms. The van der Waals surface area contributed by atoms with Crippen LogP contribution in [0.25, 0.3) is 0 Å². The number of Topliss-reactive ketones (excluding diaryl/α,β-unsaturated/α-hetero) is 1. The van der Waals surface area contributed by atoms with Gasteiger partial charge in [-0.1, -0.05) is 18.2 Å². The van der Waals surface area contributed by atoms with Gasteiger partial charge in [-0.25, -0.2) is 0 Å². The largest absolute Gasteiger partial charge is 0.492 e. The second kappa shape index (κ2) is 4.24. The van der Waals surface area contributed by atoms with E-state index in [1.807, 2.05) is 24.3 Å². The van der Waals surface area contributed by atoms with Gasteiger partial charge in [-0.2, -0.15) is 5.10 Å². The van der Waals surface area contributed by atoms with Gasteiger partial charge in [0.05, 0.1) is 16.6 Å². The average molecular weight is 307 g/mol. The number of ketones is 1. The van der Waals surface area contributed by atoms with Crippen molar-refractivity contribution < 1.29 is 9.53 Å². The number of ether oxygens (including phenoxy) is 1. The monoisotopic (exact) mass is 306 g/mol. The molecule has 1 aromatic carbocycles. The smallest absolute Gasteiger partial charge is 0.193 e. The third kappa shape index (κ3) is 1.66. The molecule has 2 heterocycles. The first-order valence-electron chi connectivity index (χ1n) is 5.62. The molecule has 0 saturated heterocycles. The molecule has 1 unspecified atom stereocenters. The zero-order valence-corrected chi connectivity index (χ0v) is 11.3. The molecule has 0 fully saturated rings. The molecule has 0 spiro atoms. The number of carbonyl (C=O) groups excluding carboxylic acids is 1. The van der Waals surface area contributed by atoms with E-state index < -0.39 is 0 Å². The second-order valence-electron chi connectivity index (χ2n) is 4.23. The summed E-state index contributed by atoms with van der Waals surface area (Å²) in [5.74, 6) is 0.592. The van der Waals surface area contributed by atoms with Gasteiger partial charge in [0.15, 0.2) is 5.78 Å². The van der Waals surface area contributed by atoms with Gasteiger partial charge in [0.2, 0.25) is 0 Å². The van der Waals surface area contributed by atoms with Crippen LogP contribution in [0, 0.1) is 0 Å². The van der Waals surface area contributed by atoms with E-state index in [1.54, 1.807) is 17.9 Å². The van der Waals surface area contributed by atoms with E-state index >= 15 is 0 Å². The van der Waals surface area contributed by atoms with Crippen molar-refractivity contribution in [2.24, 2.45) is 7.05 Å². The fourth-order valence-electron chi connectivity index (χ4n) is 2.23. The van der Waals surface area contributed by atoms with Crippen molar-refractivity contribution in [3.8, 4) is 5.75 Å². The van der Waals surface area contributed by atoms with Crippen molar-refractivity contribution in [1.29, 1.82) is 0 Å². The molecule has 0 radical (unpaired) electrons. The fourth-order valence-corrected chi connectivity index (χ4v) is 2.78. The predicted molar refractivity (Wildman–Crippen MR) is 69.9 cm³/mol. The molecule has 1 aliphatic rings. The first kappa shape index (κ1) is 11.5. The molecule has 0 aliphatic carbocycles. The number of rotatable bonds is 2. The number of hydrogen-bond donors (Lipinski definition) is 0. The summed E-state index contributed by atoms with van der Waals surface area (Å²) in [5.41, 5.74) is 1.54. The number of fused-ring (bicyclic) bond motifs is 1. The minimum Gasteiger partial charge on any atom is -0.492 e. The molecule has 1 aliphatic heterocycles. The normalized spacial score (nSPS) is 17.3. The number of carbonyl (C=O) groups is 1. The van der Waals surface area contributed by atoms with Crippen molar-refractivity contribution in [1.82, 2.24) is 9.78 Å². The fraction of sp³-hybridized carbons (Fsp3) is 0.231. The van der Waals surface area contributed by atoms with Gasteiger partial charge >= 0.3 is 0 Å². The average Bonchev–Trinajstić information content (AvgIpc) is 2.93. The minimum absolute atomic E-state index is 0.0341. The quantitative estimate of drug-likeness (QED) is 0.801. The molecule has 4 nitrogen and oxygen atoms in total. The Morgan fingerprint density at radius 1 is 1.50 bits per heavy atom. The number of aromatic nitrogens is 2. The Bertz CT molecular complexity index is 602. The third-order valence-corrected chi connectivity index (χ3v) is 3.72. The zero-order chi connectivity index (χ0) is 12.7. The molecular formula is C13H11BrN2O2. The Balaban J connectivity index is 2.01. The molecule has 1 aromatic heterocycles. The summed E-state index contributed by atoms with van der Waals surface area (Å²) < 4.78 is 7.86. The summed E-state index contributed by atoms with van der Waals surface area (Å²) in [6.07, 6.45) is 1.63. The third-order valence-electron chi connectivity index (χ3n) is 3.14.